The summed E-state index contributed by atoms with van der Waals surface area (Å²) in [7, 11) is 5.89. The minimum Gasteiger partial charge on any atom is -0.353 e. The van der Waals surface area contributed by atoms with Gasteiger partial charge in [0.05, 0.1) is 11.6 Å². The van der Waals surface area contributed by atoms with Crippen molar-refractivity contribution in [1.29, 1.82) is 0 Å². The van der Waals surface area contributed by atoms with Crippen LogP contribution in [0.15, 0.2) is 47.6 Å². The van der Waals surface area contributed by atoms with E-state index in [1.165, 1.54) is 5.56 Å². The maximum atomic E-state index is 6.06. The first-order valence-electron chi connectivity index (χ1n) is 7.88. The molecule has 5 heteroatoms. The zero-order valence-corrected chi connectivity index (χ0v) is 14.6. The van der Waals surface area contributed by atoms with Crippen molar-refractivity contribution in [1.82, 2.24) is 14.8 Å². The quantitative estimate of drug-likeness (QED) is 0.689. The van der Waals surface area contributed by atoms with Gasteiger partial charge in [-0.05, 0) is 18.1 Å². The summed E-state index contributed by atoms with van der Waals surface area (Å²) in [6.07, 6.45) is 3.08. The van der Waals surface area contributed by atoms with Crippen molar-refractivity contribution in [2.45, 2.75) is 24.9 Å². The average molecular weight is 331 g/mol. The average Bonchev–Trinajstić information content (AvgIpc) is 3.24. The molecule has 2 unspecified atom stereocenters. The topological polar surface area (TPSA) is 32.6 Å². The number of rotatable bonds is 4. The molecule has 0 amide bonds. The summed E-state index contributed by atoms with van der Waals surface area (Å²) in [5.74, 6) is 1.51. The second kappa shape index (κ2) is 6.67. The molecule has 4 nitrogen and oxygen atoms in total. The van der Waals surface area contributed by atoms with Gasteiger partial charge in [0.2, 0.25) is 0 Å². The van der Waals surface area contributed by atoms with Gasteiger partial charge in [-0.1, -0.05) is 41.9 Å². The molecule has 1 aliphatic rings. The van der Waals surface area contributed by atoms with E-state index in [0.717, 1.165) is 29.6 Å². The first-order valence-corrected chi connectivity index (χ1v) is 8.26. The van der Waals surface area contributed by atoms with Crippen LogP contribution in [0.2, 0.25) is 5.02 Å². The number of hydrogen-bond acceptors (Lipinski definition) is 1. The van der Waals surface area contributed by atoms with Crippen LogP contribution in [0.3, 0.4) is 0 Å². The summed E-state index contributed by atoms with van der Waals surface area (Å²) in [6.45, 7) is 0.769. The smallest absolute Gasteiger partial charge is 0.193 e. The second-order valence-electron chi connectivity index (χ2n) is 6.17. The Labute approximate surface area is 142 Å². The standard InChI is InChI=1S/C18H23ClN4/c1-20-18(23(3)12-15-9-14(19)11-22(15)2)21-17-10-16(17)13-7-5-4-6-8-13/h4-9,11,16-17H,10,12H2,1-3H3,(H,20,21). The van der Waals surface area contributed by atoms with Crippen molar-refractivity contribution in [2.24, 2.45) is 12.0 Å². The lowest BCUT2D eigenvalue weighted by atomic mass is 10.1. The third kappa shape index (κ3) is 3.70. The number of aliphatic imine (C=N–C) groups is 1. The number of halogens is 1. The monoisotopic (exact) mass is 330 g/mol. The van der Waals surface area contributed by atoms with Crippen molar-refractivity contribution in [2.75, 3.05) is 14.1 Å². The molecule has 2 atom stereocenters. The Morgan fingerprint density at radius 3 is 2.74 bits per heavy atom. The van der Waals surface area contributed by atoms with E-state index in [4.69, 9.17) is 11.6 Å². The van der Waals surface area contributed by atoms with Gasteiger partial charge in [0.25, 0.3) is 0 Å². The Bertz CT molecular complexity index is 692. The number of guanidine groups is 1. The lowest BCUT2D eigenvalue weighted by Gasteiger charge is -2.22. The van der Waals surface area contributed by atoms with Gasteiger partial charge in [-0.2, -0.15) is 0 Å². The van der Waals surface area contributed by atoms with Gasteiger partial charge in [-0.3, -0.25) is 4.99 Å². The zero-order valence-electron chi connectivity index (χ0n) is 13.8. The van der Waals surface area contributed by atoms with Crippen molar-refractivity contribution < 1.29 is 0 Å². The van der Waals surface area contributed by atoms with Crippen LogP contribution < -0.4 is 5.32 Å². The molecule has 1 aromatic carbocycles. The highest BCUT2D eigenvalue weighted by molar-refractivity contribution is 6.30. The highest BCUT2D eigenvalue weighted by atomic mass is 35.5. The van der Waals surface area contributed by atoms with Crippen molar-refractivity contribution in [3.63, 3.8) is 0 Å². The number of aromatic nitrogens is 1. The molecule has 1 fully saturated rings. The highest BCUT2D eigenvalue weighted by Gasteiger charge is 2.39. The first kappa shape index (κ1) is 15.9. The van der Waals surface area contributed by atoms with Gasteiger partial charge >= 0.3 is 0 Å². The molecule has 2 aromatic rings. The minimum atomic E-state index is 0.468. The molecular formula is C18H23ClN4. The first-order chi connectivity index (χ1) is 11.1. The van der Waals surface area contributed by atoms with E-state index in [1.54, 1.807) is 0 Å². The molecule has 0 saturated heterocycles. The number of hydrogen-bond donors (Lipinski definition) is 1. The molecule has 1 N–H and O–H groups in total. The van der Waals surface area contributed by atoms with E-state index in [-0.39, 0.29) is 0 Å². The van der Waals surface area contributed by atoms with Crippen LogP contribution in [0.4, 0.5) is 0 Å². The maximum absolute atomic E-state index is 6.06. The largest absolute Gasteiger partial charge is 0.353 e. The lowest BCUT2D eigenvalue weighted by molar-refractivity contribution is 0.461. The van der Waals surface area contributed by atoms with Crippen LogP contribution >= 0.6 is 11.6 Å². The van der Waals surface area contributed by atoms with Crippen molar-refractivity contribution >= 4 is 17.6 Å². The predicted octanol–water partition coefficient (Wildman–Crippen LogP) is 3.24. The van der Waals surface area contributed by atoms with Gasteiger partial charge in [0.15, 0.2) is 5.96 Å². The summed E-state index contributed by atoms with van der Waals surface area (Å²) >= 11 is 6.06. The van der Waals surface area contributed by atoms with Crippen LogP contribution in [0.5, 0.6) is 0 Å². The molecule has 1 aromatic heterocycles. The Balaban J connectivity index is 1.59. The molecule has 0 bridgehead atoms. The molecule has 1 heterocycles. The number of aryl methyl sites for hydroxylation is 1. The van der Waals surface area contributed by atoms with Crippen molar-refractivity contribution in [3.05, 3.63) is 58.9 Å². The van der Waals surface area contributed by atoms with Gasteiger partial charge in [-0.25, -0.2) is 0 Å². The molecular weight excluding hydrogens is 308 g/mol. The van der Waals surface area contributed by atoms with E-state index < -0.39 is 0 Å². The fourth-order valence-corrected chi connectivity index (χ4v) is 3.25. The van der Waals surface area contributed by atoms with E-state index in [2.05, 4.69) is 57.2 Å². The van der Waals surface area contributed by atoms with Crippen LogP contribution in [0.1, 0.15) is 23.6 Å². The summed E-state index contributed by atoms with van der Waals surface area (Å²) in [5.41, 5.74) is 2.56. The fourth-order valence-electron chi connectivity index (χ4n) is 2.98. The molecule has 122 valence electrons. The fraction of sp³-hybridized carbons (Fsp3) is 0.389. The third-order valence-electron chi connectivity index (χ3n) is 4.38. The van der Waals surface area contributed by atoms with Crippen LogP contribution in [-0.2, 0) is 13.6 Å². The molecule has 3 rings (SSSR count). The van der Waals surface area contributed by atoms with E-state index >= 15 is 0 Å². The number of benzene rings is 1. The van der Waals surface area contributed by atoms with E-state index in [1.807, 2.05) is 26.4 Å². The van der Waals surface area contributed by atoms with Crippen LogP contribution in [-0.4, -0.2) is 35.6 Å². The van der Waals surface area contributed by atoms with Gasteiger partial charge in [0.1, 0.15) is 0 Å². The Hall–Kier alpha value is -1.94. The lowest BCUT2D eigenvalue weighted by Crippen LogP contribution is -2.40. The summed E-state index contributed by atoms with van der Waals surface area (Å²) in [4.78, 5) is 6.55. The Morgan fingerprint density at radius 2 is 2.13 bits per heavy atom. The third-order valence-corrected chi connectivity index (χ3v) is 4.59. The molecule has 1 aliphatic carbocycles. The van der Waals surface area contributed by atoms with Crippen molar-refractivity contribution in [3.8, 4) is 0 Å². The highest BCUT2D eigenvalue weighted by Crippen LogP contribution is 2.40. The molecule has 0 radical (unpaired) electrons. The maximum Gasteiger partial charge on any atom is 0.193 e. The Morgan fingerprint density at radius 1 is 1.39 bits per heavy atom. The van der Waals surface area contributed by atoms with Gasteiger partial charge in [0, 0.05) is 45.0 Å². The normalized spacial score (nSPS) is 20.4. The van der Waals surface area contributed by atoms with Gasteiger partial charge in [-0.15, -0.1) is 0 Å². The molecule has 0 aliphatic heterocycles. The number of nitrogens with zero attached hydrogens (tertiary/aromatic N) is 3. The number of nitrogens with one attached hydrogen (secondary N) is 1. The molecule has 23 heavy (non-hydrogen) atoms. The Kier molecular flexibility index (Phi) is 4.62. The molecule has 1 saturated carbocycles. The van der Waals surface area contributed by atoms with Gasteiger partial charge < -0.3 is 14.8 Å². The SMILES string of the molecule is CN=C(NC1CC1c1ccccc1)N(C)Cc1cc(Cl)cn1C. The van der Waals surface area contributed by atoms with E-state index in [0.29, 0.717) is 12.0 Å². The summed E-state index contributed by atoms with van der Waals surface area (Å²) < 4.78 is 2.05. The molecule has 0 spiro atoms. The minimum absolute atomic E-state index is 0.468. The zero-order chi connectivity index (χ0) is 16.4. The van der Waals surface area contributed by atoms with Crippen LogP contribution in [0.25, 0.3) is 0 Å². The predicted molar refractivity (Wildman–Crippen MR) is 96.0 cm³/mol. The second-order valence-corrected chi connectivity index (χ2v) is 6.60. The summed E-state index contributed by atoms with van der Waals surface area (Å²) in [5, 5.41) is 4.34. The summed E-state index contributed by atoms with van der Waals surface area (Å²) in [6, 6.07) is 13.1. The van der Waals surface area contributed by atoms with Crippen LogP contribution in [0, 0.1) is 0 Å². The van der Waals surface area contributed by atoms with E-state index in [9.17, 15) is 0 Å².